The third-order valence-electron chi connectivity index (χ3n) is 3.65. The Morgan fingerprint density at radius 2 is 2.00 bits per heavy atom. The first kappa shape index (κ1) is 15.7. The number of aromatic nitrogens is 1. The number of thiazole rings is 1. The highest BCUT2D eigenvalue weighted by Gasteiger charge is 2.15. The highest BCUT2D eigenvalue weighted by atomic mass is 35.5. The molecule has 0 N–H and O–H groups in total. The van der Waals surface area contributed by atoms with Gasteiger partial charge in [-0.3, -0.25) is 4.79 Å². The number of amides is 1. The number of thiophene rings is 1. The third-order valence-corrected chi connectivity index (χ3v) is 5.97. The molecule has 1 aliphatic rings. The van der Waals surface area contributed by atoms with E-state index in [1.807, 2.05) is 29.8 Å². The van der Waals surface area contributed by atoms with Crippen molar-refractivity contribution in [3.63, 3.8) is 0 Å². The minimum atomic E-state index is -0.187. The molecule has 8 heteroatoms. The first-order valence-electron chi connectivity index (χ1n) is 7.31. The molecule has 1 amide bonds. The molecule has 2 aromatic heterocycles. The smallest absolute Gasteiger partial charge is 0.253 e. The summed E-state index contributed by atoms with van der Waals surface area (Å²) < 4.78 is 14.8. The number of ether oxygens (including phenoxy) is 2. The minimum Gasteiger partial charge on any atom is -0.486 e. The van der Waals surface area contributed by atoms with Crippen molar-refractivity contribution in [1.29, 1.82) is 0 Å². The number of fused-ring (bicyclic) bond motifs is 2. The standard InChI is InChI=1S/C16H13ClN2O3S2/c1-19-10-7-11-12(22-5-4-21-11)8-13(10)24-16(19)18-15(20)6-9-2-3-14(17)23-9/h2-3,7-8H,4-6H2,1H3. The van der Waals surface area contributed by atoms with E-state index in [9.17, 15) is 4.79 Å². The summed E-state index contributed by atoms with van der Waals surface area (Å²) >= 11 is 8.75. The molecule has 5 nitrogen and oxygen atoms in total. The van der Waals surface area contributed by atoms with E-state index in [4.69, 9.17) is 21.1 Å². The second-order valence-electron chi connectivity index (χ2n) is 5.30. The van der Waals surface area contributed by atoms with E-state index in [2.05, 4.69) is 4.99 Å². The first-order valence-corrected chi connectivity index (χ1v) is 9.32. The fourth-order valence-electron chi connectivity index (χ4n) is 2.51. The second kappa shape index (κ2) is 6.23. The normalized spacial score (nSPS) is 14.3. The topological polar surface area (TPSA) is 52.8 Å². The van der Waals surface area contributed by atoms with Gasteiger partial charge in [-0.2, -0.15) is 4.99 Å². The highest BCUT2D eigenvalue weighted by Crippen LogP contribution is 2.35. The maximum atomic E-state index is 12.2. The number of benzene rings is 1. The number of carbonyl (C=O) groups is 1. The van der Waals surface area contributed by atoms with Gasteiger partial charge >= 0.3 is 0 Å². The van der Waals surface area contributed by atoms with Gasteiger partial charge < -0.3 is 14.0 Å². The Balaban J connectivity index is 1.70. The Hall–Kier alpha value is -1.83. The summed E-state index contributed by atoms with van der Waals surface area (Å²) in [5, 5.41) is 0. The Morgan fingerprint density at radius 3 is 2.71 bits per heavy atom. The van der Waals surface area contributed by atoms with Gasteiger partial charge in [0.05, 0.1) is 21.0 Å². The van der Waals surface area contributed by atoms with Crippen molar-refractivity contribution in [3.8, 4) is 11.5 Å². The minimum absolute atomic E-state index is 0.187. The average molecular weight is 381 g/mol. The summed E-state index contributed by atoms with van der Waals surface area (Å²) in [6.45, 7) is 1.10. The van der Waals surface area contributed by atoms with Crippen LogP contribution in [0.15, 0.2) is 29.3 Å². The van der Waals surface area contributed by atoms with Crippen LogP contribution in [-0.4, -0.2) is 23.7 Å². The van der Waals surface area contributed by atoms with Gasteiger partial charge in [-0.1, -0.05) is 22.9 Å². The average Bonchev–Trinajstić information content (AvgIpc) is 3.09. The van der Waals surface area contributed by atoms with Crippen molar-refractivity contribution in [2.45, 2.75) is 6.42 Å². The van der Waals surface area contributed by atoms with Crippen molar-refractivity contribution in [3.05, 3.63) is 38.3 Å². The molecule has 3 heterocycles. The fraction of sp³-hybridized carbons (Fsp3) is 0.250. The van der Waals surface area contributed by atoms with Gasteiger partial charge in [-0.15, -0.1) is 11.3 Å². The molecule has 124 valence electrons. The van der Waals surface area contributed by atoms with E-state index >= 15 is 0 Å². The van der Waals surface area contributed by atoms with Crippen LogP contribution >= 0.6 is 34.3 Å². The molecule has 1 aliphatic heterocycles. The molecule has 0 saturated heterocycles. The summed E-state index contributed by atoms with van der Waals surface area (Å²) in [7, 11) is 1.89. The summed E-state index contributed by atoms with van der Waals surface area (Å²) in [6, 6.07) is 7.52. The largest absolute Gasteiger partial charge is 0.486 e. The first-order chi connectivity index (χ1) is 11.6. The molecule has 0 unspecified atom stereocenters. The Morgan fingerprint density at radius 1 is 1.25 bits per heavy atom. The monoisotopic (exact) mass is 380 g/mol. The van der Waals surface area contributed by atoms with Crippen LogP contribution in [0.4, 0.5) is 0 Å². The molecule has 1 aromatic carbocycles. The van der Waals surface area contributed by atoms with Crippen LogP contribution in [0.1, 0.15) is 4.88 Å². The van der Waals surface area contributed by atoms with Crippen LogP contribution in [0.5, 0.6) is 11.5 Å². The number of aryl methyl sites for hydroxylation is 1. The van der Waals surface area contributed by atoms with Gasteiger partial charge in [0.25, 0.3) is 5.91 Å². The molecular weight excluding hydrogens is 368 g/mol. The summed E-state index contributed by atoms with van der Waals surface area (Å²) in [5.74, 6) is 1.28. The summed E-state index contributed by atoms with van der Waals surface area (Å²) in [4.78, 5) is 18.0. The lowest BCUT2D eigenvalue weighted by atomic mass is 10.3. The van der Waals surface area contributed by atoms with E-state index in [0.29, 0.717) is 22.4 Å². The molecule has 0 bridgehead atoms. The molecular formula is C16H13ClN2O3S2. The maximum absolute atomic E-state index is 12.2. The van der Waals surface area contributed by atoms with E-state index < -0.39 is 0 Å². The molecule has 3 aromatic rings. The molecule has 0 fully saturated rings. The van der Waals surface area contributed by atoms with Gasteiger partial charge in [0.1, 0.15) is 13.2 Å². The zero-order valence-corrected chi connectivity index (χ0v) is 15.1. The SMILES string of the molecule is Cn1c(=NC(=O)Cc2ccc(Cl)s2)sc2cc3c(cc21)OCCO3. The van der Waals surface area contributed by atoms with Crippen LogP contribution in [0.3, 0.4) is 0 Å². The maximum Gasteiger partial charge on any atom is 0.253 e. The quantitative estimate of drug-likeness (QED) is 0.684. The molecule has 0 saturated carbocycles. The van der Waals surface area contributed by atoms with Gasteiger partial charge in [-0.05, 0) is 12.1 Å². The van der Waals surface area contributed by atoms with E-state index in [1.54, 1.807) is 6.07 Å². The Bertz CT molecular complexity index is 1000. The van der Waals surface area contributed by atoms with Crippen LogP contribution in [0, 0.1) is 0 Å². The fourth-order valence-corrected chi connectivity index (χ4v) is 4.64. The zero-order chi connectivity index (χ0) is 16.7. The lowest BCUT2D eigenvalue weighted by Crippen LogP contribution is -2.16. The van der Waals surface area contributed by atoms with Crippen LogP contribution < -0.4 is 14.3 Å². The summed E-state index contributed by atoms with van der Waals surface area (Å²) in [5.41, 5.74) is 0.968. The lowest BCUT2D eigenvalue weighted by Gasteiger charge is -2.18. The van der Waals surface area contributed by atoms with E-state index in [0.717, 1.165) is 26.6 Å². The molecule has 4 rings (SSSR count). The van der Waals surface area contributed by atoms with Gasteiger partial charge in [0.15, 0.2) is 16.3 Å². The van der Waals surface area contributed by atoms with Crippen molar-refractivity contribution in [1.82, 2.24) is 4.57 Å². The molecule has 0 radical (unpaired) electrons. The lowest BCUT2D eigenvalue weighted by molar-refractivity contribution is -0.117. The molecule has 0 aliphatic carbocycles. The molecule has 0 atom stereocenters. The molecule has 24 heavy (non-hydrogen) atoms. The van der Waals surface area contributed by atoms with Gasteiger partial charge in [0, 0.05) is 24.1 Å². The highest BCUT2D eigenvalue weighted by molar-refractivity contribution is 7.16. The van der Waals surface area contributed by atoms with Crippen molar-refractivity contribution in [2.24, 2.45) is 12.0 Å². The van der Waals surface area contributed by atoms with Crippen molar-refractivity contribution < 1.29 is 14.3 Å². The summed E-state index contributed by atoms with van der Waals surface area (Å²) in [6.07, 6.45) is 0.258. The zero-order valence-electron chi connectivity index (χ0n) is 12.7. The van der Waals surface area contributed by atoms with Gasteiger partial charge in [0.2, 0.25) is 0 Å². The van der Waals surface area contributed by atoms with E-state index in [-0.39, 0.29) is 12.3 Å². The van der Waals surface area contributed by atoms with Crippen molar-refractivity contribution in [2.75, 3.05) is 13.2 Å². The van der Waals surface area contributed by atoms with Gasteiger partial charge in [-0.25, -0.2) is 0 Å². The van der Waals surface area contributed by atoms with E-state index in [1.165, 1.54) is 22.7 Å². The number of halogens is 1. The number of rotatable bonds is 2. The number of hydrogen-bond donors (Lipinski definition) is 0. The Labute approximate surface area is 150 Å². The van der Waals surface area contributed by atoms with Crippen LogP contribution in [0.25, 0.3) is 10.2 Å². The van der Waals surface area contributed by atoms with Crippen molar-refractivity contribution >= 4 is 50.4 Å². The number of hydrogen-bond acceptors (Lipinski definition) is 5. The Kier molecular flexibility index (Phi) is 4.07. The number of carbonyl (C=O) groups excluding carboxylic acids is 1. The predicted octanol–water partition coefficient (Wildman–Crippen LogP) is 3.40. The van der Waals surface area contributed by atoms with Crippen LogP contribution in [-0.2, 0) is 18.3 Å². The third kappa shape index (κ3) is 2.94. The second-order valence-corrected chi connectivity index (χ2v) is 8.10. The predicted molar refractivity (Wildman–Crippen MR) is 95.4 cm³/mol. The van der Waals surface area contributed by atoms with Crippen LogP contribution in [0.2, 0.25) is 4.34 Å². The molecule has 0 spiro atoms. The number of nitrogens with zero attached hydrogens (tertiary/aromatic N) is 2.